The Morgan fingerprint density at radius 3 is 2.40 bits per heavy atom. The molecule has 3 fully saturated rings. The minimum Gasteiger partial charge on any atom is -0.444 e. The highest BCUT2D eigenvalue weighted by Gasteiger charge is 2.59. The second kappa shape index (κ2) is 5.99. The number of fused-ring (bicyclic) bond motifs is 1. The summed E-state index contributed by atoms with van der Waals surface area (Å²) in [6, 6.07) is 6.53. The lowest BCUT2D eigenvalue weighted by molar-refractivity contribution is -0.00487. The number of hydrogen-bond acceptors (Lipinski definition) is 5. The van der Waals surface area contributed by atoms with E-state index in [1.54, 1.807) is 17.0 Å². The number of rotatable bonds is 4. The third kappa shape index (κ3) is 3.67. The number of aryl methyl sites for hydroxylation is 1. The first-order valence-electron chi connectivity index (χ1n) is 8.48. The van der Waals surface area contributed by atoms with E-state index in [-0.39, 0.29) is 11.5 Å². The summed E-state index contributed by atoms with van der Waals surface area (Å²) >= 11 is 0. The lowest BCUT2D eigenvalue weighted by Gasteiger charge is -2.41. The fourth-order valence-corrected chi connectivity index (χ4v) is 4.54. The van der Waals surface area contributed by atoms with Gasteiger partial charge >= 0.3 is 6.09 Å². The number of carbonyl (C=O) groups excluding carboxylic acids is 1. The number of amides is 1. The van der Waals surface area contributed by atoms with Crippen LogP contribution < -0.4 is 0 Å². The van der Waals surface area contributed by atoms with Gasteiger partial charge in [-0.2, -0.15) is 8.42 Å². The third-order valence-corrected chi connectivity index (χ3v) is 6.03. The molecule has 25 heavy (non-hydrogen) atoms. The van der Waals surface area contributed by atoms with Gasteiger partial charge in [0.05, 0.1) is 17.0 Å². The van der Waals surface area contributed by atoms with Crippen molar-refractivity contribution in [3.8, 4) is 0 Å². The van der Waals surface area contributed by atoms with E-state index in [1.807, 2.05) is 27.7 Å². The summed E-state index contributed by atoms with van der Waals surface area (Å²) < 4.78 is 35.6. The van der Waals surface area contributed by atoms with E-state index in [4.69, 9.17) is 8.92 Å². The van der Waals surface area contributed by atoms with Crippen LogP contribution in [0.4, 0.5) is 4.79 Å². The van der Waals surface area contributed by atoms with Gasteiger partial charge in [0.15, 0.2) is 0 Å². The molecular formula is C18H25NO5S. The van der Waals surface area contributed by atoms with Crippen LogP contribution in [0.25, 0.3) is 0 Å². The summed E-state index contributed by atoms with van der Waals surface area (Å²) in [5.41, 5.74) is -0.170. The molecule has 138 valence electrons. The SMILES string of the molecule is Cc1ccc(S(=O)(=O)OCC23CC(CN2C(=O)OC(C)(C)C)C3)cc1. The molecule has 0 spiro atoms. The number of benzene rings is 1. The van der Waals surface area contributed by atoms with Gasteiger partial charge in [0.1, 0.15) is 5.60 Å². The van der Waals surface area contributed by atoms with E-state index in [0.29, 0.717) is 12.5 Å². The van der Waals surface area contributed by atoms with Crippen LogP contribution in [0, 0.1) is 12.8 Å². The van der Waals surface area contributed by atoms with Crippen LogP contribution in [-0.4, -0.2) is 43.7 Å². The normalized spacial score (nSPS) is 25.6. The Morgan fingerprint density at radius 2 is 1.84 bits per heavy atom. The molecule has 1 aromatic rings. The van der Waals surface area contributed by atoms with Gasteiger partial charge in [-0.3, -0.25) is 9.08 Å². The second-order valence-corrected chi connectivity index (χ2v) is 9.73. The van der Waals surface area contributed by atoms with E-state index >= 15 is 0 Å². The minimum atomic E-state index is -3.84. The van der Waals surface area contributed by atoms with Gasteiger partial charge in [-0.05, 0) is 58.6 Å². The van der Waals surface area contributed by atoms with Crippen LogP contribution in [0.1, 0.15) is 39.2 Å². The zero-order chi connectivity index (χ0) is 18.5. The molecule has 2 bridgehead atoms. The van der Waals surface area contributed by atoms with Gasteiger partial charge < -0.3 is 4.74 Å². The fourth-order valence-electron chi connectivity index (χ4n) is 3.56. The molecular weight excluding hydrogens is 342 g/mol. The summed E-state index contributed by atoms with van der Waals surface area (Å²) in [7, 11) is -3.84. The third-order valence-electron chi connectivity index (χ3n) is 4.76. The Hall–Kier alpha value is -1.60. The number of carbonyl (C=O) groups is 1. The van der Waals surface area contributed by atoms with Crippen molar-refractivity contribution in [2.24, 2.45) is 5.92 Å². The van der Waals surface area contributed by atoms with E-state index < -0.39 is 27.4 Å². The zero-order valence-electron chi connectivity index (χ0n) is 15.1. The average molecular weight is 367 g/mol. The average Bonchev–Trinajstić information content (AvgIpc) is 2.99. The molecule has 1 aromatic carbocycles. The Bertz CT molecular complexity index is 758. The van der Waals surface area contributed by atoms with Gasteiger partial charge in [-0.1, -0.05) is 17.7 Å². The maximum Gasteiger partial charge on any atom is 0.410 e. The molecule has 0 radical (unpaired) electrons. The van der Waals surface area contributed by atoms with E-state index in [0.717, 1.165) is 18.4 Å². The van der Waals surface area contributed by atoms with Crippen LogP contribution in [-0.2, 0) is 19.0 Å². The predicted octanol–water partition coefficient (Wildman–Crippen LogP) is 3.10. The second-order valence-electron chi connectivity index (χ2n) is 8.12. The smallest absolute Gasteiger partial charge is 0.410 e. The topological polar surface area (TPSA) is 72.9 Å². The molecule has 1 amide bonds. The van der Waals surface area contributed by atoms with Crippen LogP contribution in [0.15, 0.2) is 29.2 Å². The van der Waals surface area contributed by atoms with Gasteiger partial charge in [0, 0.05) is 6.54 Å². The first kappa shape index (κ1) is 18.2. The molecule has 0 aromatic heterocycles. The van der Waals surface area contributed by atoms with E-state index in [2.05, 4.69) is 0 Å². The lowest BCUT2D eigenvalue weighted by atomic mass is 9.74. The van der Waals surface area contributed by atoms with Crippen molar-refractivity contribution in [3.63, 3.8) is 0 Å². The summed E-state index contributed by atoms with van der Waals surface area (Å²) in [5, 5.41) is 0. The van der Waals surface area contributed by atoms with E-state index in [9.17, 15) is 13.2 Å². The molecule has 4 rings (SSSR count). The summed E-state index contributed by atoms with van der Waals surface area (Å²) in [6.45, 7) is 7.91. The van der Waals surface area contributed by atoms with Crippen LogP contribution in [0.2, 0.25) is 0 Å². The zero-order valence-corrected chi connectivity index (χ0v) is 15.9. The monoisotopic (exact) mass is 367 g/mol. The van der Waals surface area contributed by atoms with Crippen LogP contribution in [0.5, 0.6) is 0 Å². The van der Waals surface area contributed by atoms with Crippen molar-refractivity contribution in [1.82, 2.24) is 4.90 Å². The van der Waals surface area contributed by atoms with Crippen LogP contribution >= 0.6 is 0 Å². The highest BCUT2D eigenvalue weighted by Crippen LogP contribution is 2.51. The molecule has 3 aliphatic rings. The van der Waals surface area contributed by atoms with Crippen molar-refractivity contribution >= 4 is 16.2 Å². The summed E-state index contributed by atoms with van der Waals surface area (Å²) in [4.78, 5) is 14.2. The van der Waals surface area contributed by atoms with Crippen molar-refractivity contribution in [3.05, 3.63) is 29.8 Å². The van der Waals surface area contributed by atoms with E-state index in [1.165, 1.54) is 12.1 Å². The van der Waals surface area contributed by atoms with Gasteiger partial charge in [-0.25, -0.2) is 4.79 Å². The number of ether oxygens (including phenoxy) is 1. The largest absolute Gasteiger partial charge is 0.444 e. The first-order chi connectivity index (χ1) is 11.5. The van der Waals surface area contributed by atoms with Crippen molar-refractivity contribution in [2.45, 2.75) is 56.6 Å². The molecule has 6 nitrogen and oxygen atoms in total. The first-order valence-corrected chi connectivity index (χ1v) is 9.88. The molecule has 7 heteroatoms. The molecule has 2 heterocycles. The van der Waals surface area contributed by atoms with Crippen molar-refractivity contribution < 1.29 is 22.1 Å². The number of hydrogen-bond donors (Lipinski definition) is 0. The van der Waals surface area contributed by atoms with Gasteiger partial charge in [0.25, 0.3) is 10.1 Å². The van der Waals surface area contributed by atoms with Crippen molar-refractivity contribution in [2.75, 3.05) is 13.2 Å². The lowest BCUT2D eigenvalue weighted by Crippen LogP contribution is -2.53. The summed E-state index contributed by atoms with van der Waals surface area (Å²) in [5.74, 6) is 0.401. The van der Waals surface area contributed by atoms with Gasteiger partial charge in [-0.15, -0.1) is 0 Å². The molecule has 2 saturated heterocycles. The maximum absolute atomic E-state index is 12.4. The molecule has 0 N–H and O–H groups in total. The Labute approximate surface area is 149 Å². The molecule has 0 unspecified atom stereocenters. The quantitative estimate of drug-likeness (QED) is 0.765. The predicted molar refractivity (Wildman–Crippen MR) is 92.7 cm³/mol. The number of nitrogens with zero attached hydrogens (tertiary/aromatic N) is 1. The Balaban J connectivity index is 1.69. The Morgan fingerprint density at radius 1 is 1.24 bits per heavy atom. The highest BCUT2D eigenvalue weighted by atomic mass is 32.2. The Kier molecular flexibility index (Phi) is 4.36. The minimum absolute atomic E-state index is 0.0288. The molecule has 0 atom stereocenters. The van der Waals surface area contributed by atoms with Crippen molar-refractivity contribution in [1.29, 1.82) is 0 Å². The van der Waals surface area contributed by atoms with Crippen LogP contribution in [0.3, 0.4) is 0 Å². The van der Waals surface area contributed by atoms with Gasteiger partial charge in [0.2, 0.25) is 0 Å². The molecule has 1 saturated carbocycles. The summed E-state index contributed by atoms with van der Waals surface area (Å²) in [6.07, 6.45) is 1.12. The standard InChI is InChI=1S/C18H25NO5S/c1-13-5-7-15(8-6-13)25(21,22)23-12-18-9-14(10-18)11-19(18)16(20)24-17(2,3)4/h5-8,14H,9-12H2,1-4H3. The maximum atomic E-state index is 12.4. The highest BCUT2D eigenvalue weighted by molar-refractivity contribution is 7.86. The molecule has 2 aliphatic heterocycles. The molecule has 1 aliphatic carbocycles. The fraction of sp³-hybridized carbons (Fsp3) is 0.611.